The maximum atomic E-state index is 12.3. The number of hydrogen-bond acceptors (Lipinski definition) is 6. The zero-order valence-electron chi connectivity index (χ0n) is 15.3. The number of nitrogens with one attached hydrogen (secondary N) is 1. The molecule has 3 rings (SSSR count). The van der Waals surface area contributed by atoms with Crippen molar-refractivity contribution in [3.63, 3.8) is 0 Å². The van der Waals surface area contributed by atoms with Gasteiger partial charge in [0.15, 0.2) is 0 Å². The van der Waals surface area contributed by atoms with E-state index in [1.807, 2.05) is 6.92 Å². The third-order valence-corrected chi connectivity index (χ3v) is 6.95. The minimum atomic E-state index is -1.12. The van der Waals surface area contributed by atoms with Crippen molar-refractivity contribution >= 4 is 29.5 Å². The predicted molar refractivity (Wildman–Crippen MR) is 96.1 cm³/mol. The lowest BCUT2D eigenvalue weighted by Crippen LogP contribution is -2.63. The van der Waals surface area contributed by atoms with Crippen LogP contribution >= 0.6 is 11.8 Å². The van der Waals surface area contributed by atoms with Gasteiger partial charge in [0.25, 0.3) is 0 Å². The largest absolute Gasteiger partial charge is 0.477 e. The van der Waals surface area contributed by atoms with Crippen LogP contribution in [0.1, 0.15) is 20.3 Å². The third-order valence-electron chi connectivity index (χ3n) is 5.43. The first-order chi connectivity index (χ1) is 12.1. The number of rotatable bonds is 5. The van der Waals surface area contributed by atoms with Crippen LogP contribution in [0.4, 0.5) is 0 Å². The topological polar surface area (TPSA) is 110 Å². The normalized spacial score (nSPS) is 34.6. The quantitative estimate of drug-likeness (QED) is 0.559. The molecule has 0 aromatic heterocycles. The number of β-lactam (4-membered cyclic amide) rings is 1. The lowest BCUT2D eigenvalue weighted by molar-refractivity contribution is -0.163. The molecule has 0 bridgehead atoms. The summed E-state index contributed by atoms with van der Waals surface area (Å²) in [4.78, 5) is 39.8. The fourth-order valence-corrected chi connectivity index (χ4v) is 5.63. The first-order valence-corrected chi connectivity index (χ1v) is 9.62. The first-order valence-electron chi connectivity index (χ1n) is 8.75. The van der Waals surface area contributed by atoms with Crippen molar-refractivity contribution in [2.75, 3.05) is 20.6 Å². The average molecular weight is 383 g/mol. The maximum absolute atomic E-state index is 12.3. The van der Waals surface area contributed by atoms with Crippen LogP contribution in [0.3, 0.4) is 0 Å². The van der Waals surface area contributed by atoms with Crippen molar-refractivity contribution < 1.29 is 24.6 Å². The van der Waals surface area contributed by atoms with Crippen LogP contribution in [0.2, 0.25) is 0 Å². The second-order valence-electron chi connectivity index (χ2n) is 7.44. The van der Waals surface area contributed by atoms with E-state index < -0.39 is 18.0 Å². The van der Waals surface area contributed by atoms with Crippen LogP contribution in [-0.4, -0.2) is 81.9 Å². The Balaban J connectivity index is 1.78. The van der Waals surface area contributed by atoms with E-state index in [2.05, 4.69) is 5.32 Å². The fourth-order valence-electron chi connectivity index (χ4n) is 4.15. The molecule has 0 aromatic rings. The highest BCUT2D eigenvalue weighted by atomic mass is 32.2. The second-order valence-corrected chi connectivity index (χ2v) is 8.78. The molecular weight excluding hydrogens is 358 g/mol. The summed E-state index contributed by atoms with van der Waals surface area (Å²) >= 11 is 1.45. The minimum absolute atomic E-state index is 0.00757. The second kappa shape index (κ2) is 6.86. The maximum Gasteiger partial charge on any atom is 0.353 e. The van der Waals surface area contributed by atoms with Gasteiger partial charge in [0, 0.05) is 36.7 Å². The number of fused-ring (bicyclic) bond motifs is 1. The number of nitrogens with zero attached hydrogens (tertiary/aromatic N) is 2. The molecule has 3 aliphatic rings. The molecule has 8 nitrogen and oxygen atoms in total. The van der Waals surface area contributed by atoms with Crippen molar-refractivity contribution in [3.8, 4) is 0 Å². The summed E-state index contributed by atoms with van der Waals surface area (Å²) in [5.74, 6) is -2.14. The Bertz CT molecular complexity index is 677. The highest BCUT2D eigenvalue weighted by Crippen LogP contribution is 2.51. The Morgan fingerprint density at radius 3 is 2.58 bits per heavy atom. The zero-order valence-corrected chi connectivity index (χ0v) is 16.1. The molecule has 144 valence electrons. The molecule has 0 aliphatic carbocycles. The summed E-state index contributed by atoms with van der Waals surface area (Å²) in [5.41, 5.74) is 0.0387. The van der Waals surface area contributed by atoms with Crippen molar-refractivity contribution in [2.45, 2.75) is 43.7 Å². The van der Waals surface area contributed by atoms with Gasteiger partial charge < -0.3 is 25.3 Å². The highest BCUT2D eigenvalue weighted by molar-refractivity contribution is 8.03. The monoisotopic (exact) mass is 383 g/mol. The number of carboxylic acids is 1. The van der Waals surface area contributed by atoms with Gasteiger partial charge in [-0.1, -0.05) is 6.92 Å². The van der Waals surface area contributed by atoms with Crippen molar-refractivity contribution in [1.82, 2.24) is 15.1 Å². The summed E-state index contributed by atoms with van der Waals surface area (Å²) in [6, 6.07) is -0.568. The van der Waals surface area contributed by atoms with Gasteiger partial charge in [0.1, 0.15) is 5.70 Å². The number of aliphatic hydroxyl groups is 1. The van der Waals surface area contributed by atoms with Gasteiger partial charge >= 0.3 is 5.97 Å². The molecular formula is C17H25N3O5S. The molecule has 0 saturated carbocycles. The number of carbonyl (C=O) groups is 3. The van der Waals surface area contributed by atoms with Crippen molar-refractivity contribution in [3.05, 3.63) is 10.6 Å². The molecule has 0 aromatic carbocycles. The molecule has 0 radical (unpaired) electrons. The Labute approximate surface area is 156 Å². The van der Waals surface area contributed by atoms with E-state index in [1.54, 1.807) is 25.9 Å². The number of hydrogen-bond donors (Lipinski definition) is 3. The van der Waals surface area contributed by atoms with E-state index in [0.717, 1.165) is 0 Å². The smallest absolute Gasteiger partial charge is 0.353 e. The molecule has 9 heteroatoms. The van der Waals surface area contributed by atoms with Gasteiger partial charge in [-0.05, 0) is 13.3 Å². The molecule has 26 heavy (non-hydrogen) atoms. The number of aliphatic hydroxyl groups excluding tert-OH is 1. The molecule has 3 aliphatic heterocycles. The molecule has 2 amide bonds. The Kier molecular flexibility index (Phi) is 5.06. The number of carbonyl (C=O) groups excluding carboxylic acids is 2. The van der Waals surface area contributed by atoms with Gasteiger partial charge in [-0.3, -0.25) is 9.59 Å². The summed E-state index contributed by atoms with van der Waals surface area (Å²) < 4.78 is 0. The van der Waals surface area contributed by atoms with Crippen LogP contribution in [0.15, 0.2) is 10.6 Å². The van der Waals surface area contributed by atoms with Crippen LogP contribution in [0.5, 0.6) is 0 Å². The van der Waals surface area contributed by atoms with Crippen molar-refractivity contribution in [2.24, 2.45) is 11.8 Å². The number of amides is 2. The van der Waals surface area contributed by atoms with Crippen LogP contribution < -0.4 is 5.32 Å². The number of thioether (sulfide) groups is 1. The standard InChI is InChI=1S/C17H25N3O5S/c1-7-12-11(8(2)21)16(23)20(12)13(17(24)25)14(7)26-9-5-10(18-6-9)15(22)19(3)4/h7-12,18,21H,5-6H2,1-4H3,(H,24,25)/t7-,8-,9+,10+,11-,12?/m1/s1. The van der Waals surface area contributed by atoms with Crippen molar-refractivity contribution in [1.29, 1.82) is 0 Å². The van der Waals surface area contributed by atoms with Crippen LogP contribution in [0.25, 0.3) is 0 Å². The Morgan fingerprint density at radius 2 is 2.04 bits per heavy atom. The van der Waals surface area contributed by atoms with Crippen LogP contribution in [0, 0.1) is 11.8 Å². The first kappa shape index (κ1) is 19.2. The lowest BCUT2D eigenvalue weighted by atomic mass is 9.79. The summed E-state index contributed by atoms with van der Waals surface area (Å²) in [6.45, 7) is 4.08. The van der Waals surface area contributed by atoms with E-state index in [0.29, 0.717) is 17.9 Å². The number of carboxylic acid groups (broad SMARTS) is 1. The average Bonchev–Trinajstić information content (AvgIpc) is 3.09. The molecule has 2 saturated heterocycles. The summed E-state index contributed by atoms with van der Waals surface area (Å²) in [5, 5.41) is 22.8. The van der Waals surface area contributed by atoms with E-state index >= 15 is 0 Å². The number of likely N-dealkylation sites (N-methyl/N-ethyl adjacent to an activating group) is 1. The minimum Gasteiger partial charge on any atom is -0.477 e. The van der Waals surface area contributed by atoms with Gasteiger partial charge in [-0.15, -0.1) is 11.8 Å². The Morgan fingerprint density at radius 1 is 1.38 bits per heavy atom. The predicted octanol–water partition coefficient (Wildman–Crippen LogP) is -0.308. The Hall–Kier alpha value is -1.58. The molecule has 1 unspecified atom stereocenters. The molecule has 2 fully saturated rings. The zero-order chi connectivity index (χ0) is 19.3. The molecule has 3 heterocycles. The lowest BCUT2D eigenvalue weighted by Gasteiger charge is -2.46. The third kappa shape index (κ3) is 2.91. The number of aliphatic carboxylic acids is 1. The molecule has 0 spiro atoms. The van der Waals surface area contributed by atoms with Gasteiger partial charge in [-0.25, -0.2) is 4.79 Å². The highest BCUT2D eigenvalue weighted by Gasteiger charge is 2.60. The van der Waals surface area contributed by atoms with E-state index in [1.165, 1.54) is 16.7 Å². The summed E-state index contributed by atoms with van der Waals surface area (Å²) in [7, 11) is 3.42. The van der Waals surface area contributed by atoms with E-state index in [-0.39, 0.29) is 40.8 Å². The fraction of sp³-hybridized carbons (Fsp3) is 0.706. The molecule has 3 N–H and O–H groups in total. The van der Waals surface area contributed by atoms with Gasteiger partial charge in [0.05, 0.1) is 24.1 Å². The summed E-state index contributed by atoms with van der Waals surface area (Å²) in [6.07, 6.45) is -0.190. The van der Waals surface area contributed by atoms with Crippen LogP contribution in [-0.2, 0) is 14.4 Å². The molecule has 6 atom stereocenters. The van der Waals surface area contributed by atoms with E-state index in [9.17, 15) is 24.6 Å². The SMILES string of the molecule is C[C@H]1C(S[C@@H]2CN[C@H](C(=O)N(C)C)C2)=C(C(=O)O)N2C(=O)[C@H]([C@@H](C)O)C12. The van der Waals surface area contributed by atoms with E-state index in [4.69, 9.17) is 0 Å². The van der Waals surface area contributed by atoms with Gasteiger partial charge in [0.2, 0.25) is 11.8 Å². The van der Waals surface area contributed by atoms with Gasteiger partial charge in [-0.2, -0.15) is 0 Å².